The van der Waals surface area contributed by atoms with Crippen LogP contribution in [0.1, 0.15) is 55.6 Å². The van der Waals surface area contributed by atoms with Crippen LogP contribution in [0.15, 0.2) is 54.6 Å². The molecule has 0 bridgehead atoms. The van der Waals surface area contributed by atoms with Gasteiger partial charge in [0, 0.05) is 31.5 Å². The molecule has 0 aromatic heterocycles. The number of ether oxygens (including phenoxy) is 1. The number of benzene rings is 2. The molecule has 2 atom stereocenters. The third-order valence-electron chi connectivity index (χ3n) is 8.56. The van der Waals surface area contributed by atoms with Gasteiger partial charge in [-0.3, -0.25) is 4.79 Å². The summed E-state index contributed by atoms with van der Waals surface area (Å²) in [5, 5.41) is 0. The van der Waals surface area contributed by atoms with E-state index >= 15 is 0 Å². The maximum absolute atomic E-state index is 13.3. The van der Waals surface area contributed by atoms with Crippen LogP contribution in [0.5, 0.6) is 5.75 Å². The number of nitrogens with zero attached hydrogens (tertiary/aromatic N) is 2. The van der Waals surface area contributed by atoms with Gasteiger partial charge in [-0.1, -0.05) is 61.4 Å². The molecule has 4 heteroatoms. The van der Waals surface area contributed by atoms with Crippen molar-refractivity contribution in [3.8, 4) is 5.75 Å². The molecule has 2 aliphatic heterocycles. The Morgan fingerprint density at radius 3 is 2.35 bits per heavy atom. The maximum atomic E-state index is 13.3. The second-order valence-corrected chi connectivity index (χ2v) is 10.8. The molecule has 2 aromatic carbocycles. The Morgan fingerprint density at radius 1 is 0.912 bits per heavy atom. The molecule has 0 spiro atoms. The summed E-state index contributed by atoms with van der Waals surface area (Å²) < 4.78 is 5.75. The average Bonchev–Trinajstić information content (AvgIpc) is 3.56. The molecule has 182 valence electrons. The van der Waals surface area contributed by atoms with E-state index < -0.39 is 0 Å². The highest BCUT2D eigenvalue weighted by Gasteiger charge is 2.40. The predicted octanol–water partition coefficient (Wildman–Crippen LogP) is 5.38. The topological polar surface area (TPSA) is 32.8 Å². The normalized spacial score (nSPS) is 24.6. The van der Waals surface area contributed by atoms with Crippen LogP contribution in [-0.4, -0.2) is 55.5 Å². The molecule has 0 radical (unpaired) electrons. The van der Waals surface area contributed by atoms with Crippen molar-refractivity contribution >= 4 is 5.91 Å². The van der Waals surface area contributed by atoms with Gasteiger partial charge >= 0.3 is 0 Å². The minimum Gasteiger partial charge on any atom is -0.496 e. The molecule has 3 fully saturated rings. The second kappa shape index (κ2) is 10.9. The standard InChI is InChI=1S/C30H40N2O2/c1-34-29-14-8-7-13-27(29)28-22-32(30(33)25-11-5-6-12-25)21-26(28)20-31-17-15-24(16-18-31)19-23-9-3-2-4-10-23/h2-4,7-10,13-14,24-26,28H,5-6,11-12,15-22H2,1H3/t26-,28+/m1/s1. The highest BCUT2D eigenvalue weighted by Crippen LogP contribution is 2.40. The zero-order valence-corrected chi connectivity index (χ0v) is 20.7. The molecule has 5 rings (SSSR count). The van der Waals surface area contributed by atoms with E-state index in [1.165, 1.54) is 56.3 Å². The first-order valence-corrected chi connectivity index (χ1v) is 13.4. The summed E-state index contributed by atoms with van der Waals surface area (Å²) in [4.78, 5) is 18.2. The van der Waals surface area contributed by atoms with Gasteiger partial charge in [0.15, 0.2) is 0 Å². The van der Waals surface area contributed by atoms with E-state index in [-0.39, 0.29) is 5.92 Å². The highest BCUT2D eigenvalue weighted by atomic mass is 16.5. The number of methoxy groups -OCH3 is 1. The molecule has 34 heavy (non-hydrogen) atoms. The molecule has 3 aliphatic rings. The number of carbonyl (C=O) groups excluding carboxylic acids is 1. The van der Waals surface area contributed by atoms with Crippen molar-refractivity contribution in [3.63, 3.8) is 0 Å². The summed E-state index contributed by atoms with van der Waals surface area (Å²) in [6.45, 7) is 5.15. The monoisotopic (exact) mass is 460 g/mol. The Hall–Kier alpha value is -2.33. The summed E-state index contributed by atoms with van der Waals surface area (Å²) in [6.07, 6.45) is 8.31. The van der Waals surface area contributed by atoms with Crippen LogP contribution < -0.4 is 4.74 Å². The van der Waals surface area contributed by atoms with Crippen molar-refractivity contribution in [1.29, 1.82) is 0 Å². The summed E-state index contributed by atoms with van der Waals surface area (Å²) in [5.74, 6) is 3.23. The first-order valence-electron chi connectivity index (χ1n) is 13.4. The number of hydrogen-bond acceptors (Lipinski definition) is 3. The van der Waals surface area contributed by atoms with Crippen LogP contribution in [0.2, 0.25) is 0 Å². The van der Waals surface area contributed by atoms with Gasteiger partial charge in [0.2, 0.25) is 5.91 Å². The maximum Gasteiger partial charge on any atom is 0.225 e. The molecule has 0 N–H and O–H groups in total. The summed E-state index contributed by atoms with van der Waals surface area (Å²) in [5.41, 5.74) is 2.74. The van der Waals surface area contributed by atoms with Gasteiger partial charge in [-0.15, -0.1) is 0 Å². The van der Waals surface area contributed by atoms with E-state index in [1.54, 1.807) is 7.11 Å². The van der Waals surface area contributed by atoms with Gasteiger partial charge in [0.25, 0.3) is 0 Å². The lowest BCUT2D eigenvalue weighted by atomic mass is 9.86. The highest BCUT2D eigenvalue weighted by molar-refractivity contribution is 5.79. The van der Waals surface area contributed by atoms with Crippen molar-refractivity contribution in [2.45, 2.75) is 50.9 Å². The molecule has 2 aromatic rings. The van der Waals surface area contributed by atoms with Gasteiger partial charge in [-0.2, -0.15) is 0 Å². The number of para-hydroxylation sites is 1. The van der Waals surface area contributed by atoms with Gasteiger partial charge in [-0.05, 0) is 74.2 Å². The molecule has 0 unspecified atom stereocenters. The Balaban J connectivity index is 1.25. The van der Waals surface area contributed by atoms with Crippen LogP contribution in [-0.2, 0) is 11.2 Å². The van der Waals surface area contributed by atoms with Crippen molar-refractivity contribution in [2.24, 2.45) is 17.8 Å². The number of amides is 1. The lowest BCUT2D eigenvalue weighted by Gasteiger charge is -2.35. The number of piperidine rings is 1. The van der Waals surface area contributed by atoms with Crippen molar-refractivity contribution in [2.75, 3.05) is 39.8 Å². The van der Waals surface area contributed by atoms with E-state index in [0.29, 0.717) is 17.7 Å². The fourth-order valence-corrected chi connectivity index (χ4v) is 6.64. The third kappa shape index (κ3) is 5.33. The SMILES string of the molecule is COc1ccccc1[C@H]1CN(C(=O)C2CCCC2)C[C@H]1CN1CCC(Cc2ccccc2)CC1. The minimum absolute atomic E-state index is 0.255. The van der Waals surface area contributed by atoms with Gasteiger partial charge in [-0.25, -0.2) is 0 Å². The number of hydrogen-bond donors (Lipinski definition) is 0. The first kappa shape index (κ1) is 23.4. The van der Waals surface area contributed by atoms with E-state index in [0.717, 1.165) is 44.1 Å². The van der Waals surface area contributed by atoms with Gasteiger partial charge in [0.1, 0.15) is 5.75 Å². The molecule has 4 nitrogen and oxygen atoms in total. The van der Waals surface area contributed by atoms with Crippen molar-refractivity contribution in [3.05, 3.63) is 65.7 Å². The second-order valence-electron chi connectivity index (χ2n) is 10.8. The zero-order valence-electron chi connectivity index (χ0n) is 20.7. The van der Waals surface area contributed by atoms with Gasteiger partial charge in [0.05, 0.1) is 7.11 Å². The Morgan fingerprint density at radius 2 is 1.62 bits per heavy atom. The molecular formula is C30H40N2O2. The fraction of sp³-hybridized carbons (Fsp3) is 0.567. The van der Waals surface area contributed by atoms with Crippen molar-refractivity contribution in [1.82, 2.24) is 9.80 Å². The Labute approximate surface area is 205 Å². The molecular weight excluding hydrogens is 420 g/mol. The van der Waals surface area contributed by atoms with Crippen molar-refractivity contribution < 1.29 is 9.53 Å². The van der Waals surface area contributed by atoms with Crippen LogP contribution in [0.4, 0.5) is 0 Å². The summed E-state index contributed by atoms with van der Waals surface area (Å²) in [6, 6.07) is 19.4. The third-order valence-corrected chi connectivity index (χ3v) is 8.56. The number of carbonyl (C=O) groups is 1. The quantitative estimate of drug-likeness (QED) is 0.556. The van der Waals surface area contributed by atoms with Crippen LogP contribution >= 0.6 is 0 Å². The zero-order chi connectivity index (χ0) is 23.3. The molecule has 2 saturated heterocycles. The fourth-order valence-electron chi connectivity index (χ4n) is 6.64. The number of likely N-dealkylation sites (tertiary alicyclic amines) is 2. The minimum atomic E-state index is 0.255. The van der Waals surface area contributed by atoms with Gasteiger partial charge < -0.3 is 14.5 Å². The average molecular weight is 461 g/mol. The Kier molecular flexibility index (Phi) is 7.54. The Bertz CT molecular complexity index is 932. The van der Waals surface area contributed by atoms with E-state index in [1.807, 2.05) is 6.07 Å². The summed E-state index contributed by atoms with van der Waals surface area (Å²) in [7, 11) is 1.77. The number of rotatable bonds is 7. The lowest BCUT2D eigenvalue weighted by Crippen LogP contribution is -2.39. The van der Waals surface area contributed by atoms with Crippen LogP contribution in [0.3, 0.4) is 0 Å². The van der Waals surface area contributed by atoms with Crippen LogP contribution in [0.25, 0.3) is 0 Å². The lowest BCUT2D eigenvalue weighted by molar-refractivity contribution is -0.134. The van der Waals surface area contributed by atoms with E-state index in [9.17, 15) is 4.79 Å². The smallest absolute Gasteiger partial charge is 0.225 e. The molecule has 1 aliphatic carbocycles. The van der Waals surface area contributed by atoms with Crippen LogP contribution in [0, 0.1) is 17.8 Å². The molecule has 1 amide bonds. The molecule has 2 heterocycles. The summed E-state index contributed by atoms with van der Waals surface area (Å²) >= 11 is 0. The van der Waals surface area contributed by atoms with E-state index in [4.69, 9.17) is 4.74 Å². The van der Waals surface area contributed by atoms with E-state index in [2.05, 4.69) is 58.3 Å². The largest absolute Gasteiger partial charge is 0.496 e. The predicted molar refractivity (Wildman–Crippen MR) is 137 cm³/mol. The molecule has 1 saturated carbocycles. The first-order chi connectivity index (χ1) is 16.7.